The lowest BCUT2D eigenvalue weighted by Crippen LogP contribution is -2.32. The quantitative estimate of drug-likeness (QED) is 0.771. The normalized spacial score (nSPS) is 11.9. The predicted molar refractivity (Wildman–Crippen MR) is 86.6 cm³/mol. The molecule has 0 aliphatic carbocycles. The lowest BCUT2D eigenvalue weighted by molar-refractivity contribution is 0.0981. The average molecular weight is 419 g/mol. The Morgan fingerprint density at radius 3 is 1.96 bits per heavy atom. The van der Waals surface area contributed by atoms with Crippen molar-refractivity contribution in [3.8, 4) is 0 Å². The van der Waals surface area contributed by atoms with Crippen LogP contribution in [0.2, 0.25) is 0 Å². The van der Waals surface area contributed by atoms with E-state index in [2.05, 4.69) is 15.9 Å². The van der Waals surface area contributed by atoms with E-state index in [1.54, 1.807) is 12.1 Å². The van der Waals surface area contributed by atoms with Crippen LogP contribution in [-0.2, 0) is 20.0 Å². The SMILES string of the molecule is NS(=O)(=O)c1ccccc1S(=O)(=O)NC(=O)c1ccc(Br)cc1. The van der Waals surface area contributed by atoms with Crippen LogP contribution in [0, 0.1) is 0 Å². The van der Waals surface area contributed by atoms with Gasteiger partial charge in [-0.3, -0.25) is 4.79 Å². The first kappa shape index (κ1) is 17.6. The number of hydrogen-bond donors (Lipinski definition) is 2. The summed E-state index contributed by atoms with van der Waals surface area (Å²) in [6.45, 7) is 0. The van der Waals surface area contributed by atoms with Crippen LogP contribution >= 0.6 is 15.9 Å². The Bertz CT molecular complexity index is 954. The van der Waals surface area contributed by atoms with E-state index < -0.39 is 35.7 Å². The zero-order valence-electron chi connectivity index (χ0n) is 11.4. The van der Waals surface area contributed by atoms with Crippen molar-refractivity contribution in [2.45, 2.75) is 9.79 Å². The Balaban J connectivity index is 2.41. The molecule has 0 unspecified atom stereocenters. The molecule has 0 bridgehead atoms. The maximum absolute atomic E-state index is 12.3. The van der Waals surface area contributed by atoms with Gasteiger partial charge in [0.05, 0.1) is 0 Å². The lowest BCUT2D eigenvalue weighted by Gasteiger charge is -2.10. The molecular formula is C13H11BrN2O5S2. The van der Waals surface area contributed by atoms with Gasteiger partial charge in [0, 0.05) is 10.0 Å². The van der Waals surface area contributed by atoms with E-state index in [-0.39, 0.29) is 5.56 Å². The van der Waals surface area contributed by atoms with Gasteiger partial charge in [0.25, 0.3) is 15.9 Å². The maximum Gasteiger partial charge on any atom is 0.265 e. The van der Waals surface area contributed by atoms with Crippen LogP contribution in [0.1, 0.15) is 10.4 Å². The zero-order valence-corrected chi connectivity index (χ0v) is 14.7. The molecule has 0 saturated carbocycles. The molecule has 0 spiro atoms. The molecule has 1 amide bonds. The fraction of sp³-hybridized carbons (Fsp3) is 0. The van der Waals surface area contributed by atoms with Crippen LogP contribution in [0.25, 0.3) is 0 Å². The third kappa shape index (κ3) is 4.16. The minimum atomic E-state index is -4.40. The molecule has 2 aromatic carbocycles. The Hall–Kier alpha value is -1.75. The highest BCUT2D eigenvalue weighted by Gasteiger charge is 2.26. The van der Waals surface area contributed by atoms with Gasteiger partial charge in [-0.2, -0.15) is 0 Å². The molecule has 122 valence electrons. The average Bonchev–Trinajstić information content (AvgIpc) is 2.46. The number of primary sulfonamides is 1. The number of nitrogens with one attached hydrogen (secondary N) is 1. The first-order valence-corrected chi connectivity index (χ1v) is 9.88. The van der Waals surface area contributed by atoms with Gasteiger partial charge in [-0.15, -0.1) is 0 Å². The van der Waals surface area contributed by atoms with Crippen molar-refractivity contribution in [3.05, 3.63) is 58.6 Å². The Kier molecular flexibility index (Phi) is 4.90. The monoisotopic (exact) mass is 418 g/mol. The van der Waals surface area contributed by atoms with Gasteiger partial charge in [0.2, 0.25) is 10.0 Å². The van der Waals surface area contributed by atoms with Crippen LogP contribution in [0.3, 0.4) is 0 Å². The molecule has 0 heterocycles. The number of sulfonamides is 2. The van der Waals surface area contributed by atoms with Gasteiger partial charge in [0.1, 0.15) is 9.79 Å². The summed E-state index contributed by atoms with van der Waals surface area (Å²) in [5, 5.41) is 5.00. The first-order chi connectivity index (χ1) is 10.6. The second-order valence-corrected chi connectivity index (χ2v) is 8.53. The summed E-state index contributed by atoms with van der Waals surface area (Å²) in [5.74, 6) is -0.887. The zero-order chi connectivity index (χ0) is 17.3. The second-order valence-electron chi connectivity index (χ2n) is 4.43. The fourth-order valence-corrected chi connectivity index (χ4v) is 4.37. The molecule has 0 atom stereocenters. The van der Waals surface area contributed by atoms with Gasteiger partial charge in [-0.05, 0) is 36.4 Å². The molecule has 0 aliphatic heterocycles. The smallest absolute Gasteiger partial charge is 0.265 e. The van der Waals surface area contributed by atoms with Gasteiger partial charge in [0.15, 0.2) is 0 Å². The number of hydrogen-bond acceptors (Lipinski definition) is 5. The molecule has 2 rings (SSSR count). The fourth-order valence-electron chi connectivity index (χ4n) is 1.74. The van der Waals surface area contributed by atoms with Crippen LogP contribution in [0.4, 0.5) is 0 Å². The molecule has 2 aromatic rings. The van der Waals surface area contributed by atoms with Crippen LogP contribution in [-0.4, -0.2) is 22.7 Å². The Morgan fingerprint density at radius 2 is 1.43 bits per heavy atom. The largest absolute Gasteiger partial charge is 0.268 e. The number of carbonyl (C=O) groups excluding carboxylic acids is 1. The molecule has 3 N–H and O–H groups in total. The number of benzene rings is 2. The highest BCUT2D eigenvalue weighted by atomic mass is 79.9. The van der Waals surface area contributed by atoms with E-state index in [9.17, 15) is 21.6 Å². The van der Waals surface area contributed by atoms with Crippen molar-refractivity contribution in [1.29, 1.82) is 0 Å². The second kappa shape index (κ2) is 6.40. The standard InChI is InChI=1S/C13H11BrN2O5S2/c14-10-7-5-9(6-8-10)13(17)16-23(20,21)12-4-2-1-3-11(12)22(15,18)19/h1-8H,(H,16,17)(H2,15,18,19). The predicted octanol–water partition coefficient (Wildman–Crippen LogP) is 1.22. The van der Waals surface area contributed by atoms with E-state index in [1.165, 1.54) is 24.3 Å². The van der Waals surface area contributed by atoms with Crippen molar-refractivity contribution in [2.75, 3.05) is 0 Å². The summed E-state index contributed by atoms with van der Waals surface area (Å²) in [6, 6.07) is 10.7. The van der Waals surface area contributed by atoms with E-state index in [4.69, 9.17) is 5.14 Å². The summed E-state index contributed by atoms with van der Waals surface area (Å²) < 4.78 is 50.1. The van der Waals surface area contributed by atoms with Crippen LogP contribution < -0.4 is 9.86 Å². The molecule has 10 heteroatoms. The summed E-state index contributed by atoms with van der Waals surface area (Å²) >= 11 is 3.19. The van der Waals surface area contributed by atoms with E-state index >= 15 is 0 Å². The first-order valence-electron chi connectivity index (χ1n) is 6.06. The van der Waals surface area contributed by atoms with Crippen molar-refractivity contribution in [3.63, 3.8) is 0 Å². The molecule has 0 fully saturated rings. The minimum Gasteiger partial charge on any atom is -0.268 e. The summed E-state index contributed by atoms with van der Waals surface area (Å²) in [7, 11) is -8.66. The van der Waals surface area contributed by atoms with Crippen LogP contribution in [0.15, 0.2) is 62.8 Å². The molecule has 0 saturated heterocycles. The number of nitrogens with two attached hydrogens (primary N) is 1. The van der Waals surface area contributed by atoms with Crippen molar-refractivity contribution < 1.29 is 21.6 Å². The highest BCUT2D eigenvalue weighted by molar-refractivity contribution is 9.10. The summed E-state index contributed by atoms with van der Waals surface area (Å²) in [4.78, 5) is 10.8. The molecule has 0 aromatic heterocycles. The number of amides is 1. The van der Waals surface area contributed by atoms with Gasteiger partial charge < -0.3 is 0 Å². The van der Waals surface area contributed by atoms with E-state index in [0.717, 1.165) is 16.6 Å². The topological polar surface area (TPSA) is 123 Å². The summed E-state index contributed by atoms with van der Waals surface area (Å²) in [5.41, 5.74) is 0.102. The van der Waals surface area contributed by atoms with Gasteiger partial charge >= 0.3 is 0 Å². The molecule has 0 aliphatic rings. The molecule has 0 radical (unpaired) electrons. The third-order valence-corrected chi connectivity index (χ3v) is 5.79. The van der Waals surface area contributed by atoms with Crippen molar-refractivity contribution >= 4 is 41.9 Å². The Labute approximate surface area is 141 Å². The maximum atomic E-state index is 12.3. The third-order valence-electron chi connectivity index (χ3n) is 2.78. The van der Waals surface area contributed by atoms with Gasteiger partial charge in [-0.25, -0.2) is 26.7 Å². The minimum absolute atomic E-state index is 0.102. The number of halogens is 1. The molecule has 23 heavy (non-hydrogen) atoms. The van der Waals surface area contributed by atoms with E-state index in [0.29, 0.717) is 0 Å². The van der Waals surface area contributed by atoms with Crippen LogP contribution in [0.5, 0.6) is 0 Å². The van der Waals surface area contributed by atoms with Crippen molar-refractivity contribution in [1.82, 2.24) is 4.72 Å². The van der Waals surface area contributed by atoms with Gasteiger partial charge in [-0.1, -0.05) is 28.1 Å². The summed E-state index contributed by atoms with van der Waals surface area (Å²) in [6.07, 6.45) is 0. The number of rotatable bonds is 4. The molecule has 7 nitrogen and oxygen atoms in total. The highest BCUT2D eigenvalue weighted by Crippen LogP contribution is 2.19. The Morgan fingerprint density at radius 1 is 0.913 bits per heavy atom. The number of carbonyl (C=O) groups is 1. The van der Waals surface area contributed by atoms with E-state index in [1.807, 2.05) is 4.72 Å². The van der Waals surface area contributed by atoms with Crippen molar-refractivity contribution in [2.24, 2.45) is 5.14 Å². The lowest BCUT2D eigenvalue weighted by atomic mass is 10.2. The molecular weight excluding hydrogens is 408 g/mol.